The number of rotatable bonds is 3. The zero-order valence-corrected chi connectivity index (χ0v) is 8.23. The summed E-state index contributed by atoms with van der Waals surface area (Å²) in [5, 5.41) is 0. The second-order valence-corrected chi connectivity index (χ2v) is 3.24. The molecule has 0 saturated heterocycles. The number of nitrogens with zero attached hydrogens (tertiary/aromatic N) is 1. The summed E-state index contributed by atoms with van der Waals surface area (Å²) in [6.07, 6.45) is 3.55. The van der Waals surface area contributed by atoms with Gasteiger partial charge in [-0.15, -0.1) is 0 Å². The molecular formula is C12H13NO. The SMILES string of the molecule is CCCc1ocnc1-c1ccccc1. The van der Waals surface area contributed by atoms with Crippen molar-refractivity contribution in [3.05, 3.63) is 42.5 Å². The van der Waals surface area contributed by atoms with Crippen LogP contribution in [-0.2, 0) is 6.42 Å². The van der Waals surface area contributed by atoms with Crippen molar-refractivity contribution >= 4 is 0 Å². The highest BCUT2D eigenvalue weighted by Gasteiger charge is 2.08. The molecule has 0 aliphatic carbocycles. The average molecular weight is 187 g/mol. The Kier molecular flexibility index (Phi) is 2.63. The molecule has 0 atom stereocenters. The minimum Gasteiger partial charge on any atom is -0.448 e. The number of aryl methyl sites for hydroxylation is 1. The molecule has 0 N–H and O–H groups in total. The molecule has 0 unspecified atom stereocenters. The van der Waals surface area contributed by atoms with Gasteiger partial charge in [-0.25, -0.2) is 4.98 Å². The third-order valence-electron chi connectivity index (χ3n) is 2.17. The summed E-state index contributed by atoms with van der Waals surface area (Å²) >= 11 is 0. The molecule has 0 bridgehead atoms. The van der Waals surface area contributed by atoms with E-state index in [0.717, 1.165) is 29.9 Å². The molecule has 2 rings (SSSR count). The van der Waals surface area contributed by atoms with Crippen LogP contribution >= 0.6 is 0 Å². The Morgan fingerprint density at radius 2 is 2.00 bits per heavy atom. The summed E-state index contributed by atoms with van der Waals surface area (Å²) in [6, 6.07) is 10.1. The van der Waals surface area contributed by atoms with Gasteiger partial charge in [0.05, 0.1) is 0 Å². The van der Waals surface area contributed by atoms with Crippen LogP contribution in [0.1, 0.15) is 19.1 Å². The summed E-state index contributed by atoms with van der Waals surface area (Å²) in [7, 11) is 0. The molecule has 0 spiro atoms. The van der Waals surface area contributed by atoms with E-state index in [2.05, 4.69) is 24.0 Å². The molecule has 14 heavy (non-hydrogen) atoms. The average Bonchev–Trinajstić information content (AvgIpc) is 2.68. The van der Waals surface area contributed by atoms with Gasteiger partial charge in [0.15, 0.2) is 6.39 Å². The molecule has 72 valence electrons. The summed E-state index contributed by atoms with van der Waals surface area (Å²) < 4.78 is 5.35. The first-order valence-electron chi connectivity index (χ1n) is 4.89. The topological polar surface area (TPSA) is 26.0 Å². The fourth-order valence-electron chi connectivity index (χ4n) is 1.51. The van der Waals surface area contributed by atoms with Crippen molar-refractivity contribution in [2.45, 2.75) is 19.8 Å². The van der Waals surface area contributed by atoms with Gasteiger partial charge >= 0.3 is 0 Å². The maximum Gasteiger partial charge on any atom is 0.181 e. The van der Waals surface area contributed by atoms with Crippen LogP contribution in [0.15, 0.2) is 41.1 Å². The van der Waals surface area contributed by atoms with Gasteiger partial charge in [0.25, 0.3) is 0 Å². The molecule has 0 aliphatic rings. The zero-order valence-electron chi connectivity index (χ0n) is 8.23. The number of oxazole rings is 1. The van der Waals surface area contributed by atoms with Crippen LogP contribution < -0.4 is 0 Å². The van der Waals surface area contributed by atoms with E-state index in [0.29, 0.717) is 0 Å². The van der Waals surface area contributed by atoms with Crippen molar-refractivity contribution in [2.24, 2.45) is 0 Å². The van der Waals surface area contributed by atoms with Gasteiger partial charge in [-0.05, 0) is 6.42 Å². The number of hydrogen-bond donors (Lipinski definition) is 0. The van der Waals surface area contributed by atoms with Crippen molar-refractivity contribution in [3.8, 4) is 11.3 Å². The molecule has 0 aliphatic heterocycles. The normalized spacial score (nSPS) is 10.4. The lowest BCUT2D eigenvalue weighted by Crippen LogP contribution is -1.85. The first-order valence-corrected chi connectivity index (χ1v) is 4.89. The quantitative estimate of drug-likeness (QED) is 0.736. The second-order valence-electron chi connectivity index (χ2n) is 3.24. The van der Waals surface area contributed by atoms with Crippen LogP contribution in [0.5, 0.6) is 0 Å². The summed E-state index contributed by atoms with van der Waals surface area (Å²) in [4.78, 5) is 4.24. The standard InChI is InChI=1S/C12H13NO/c1-2-6-11-12(13-9-14-11)10-7-4-3-5-8-10/h3-5,7-9H,2,6H2,1H3. The van der Waals surface area contributed by atoms with Gasteiger partial charge in [-0.1, -0.05) is 37.3 Å². The minimum atomic E-state index is 0.949. The number of benzene rings is 1. The van der Waals surface area contributed by atoms with Crippen LogP contribution in [0.25, 0.3) is 11.3 Å². The molecule has 1 aromatic heterocycles. The van der Waals surface area contributed by atoms with E-state index in [4.69, 9.17) is 4.42 Å². The fraction of sp³-hybridized carbons (Fsp3) is 0.250. The Morgan fingerprint density at radius 1 is 1.21 bits per heavy atom. The largest absolute Gasteiger partial charge is 0.448 e. The summed E-state index contributed by atoms with van der Waals surface area (Å²) in [5.74, 6) is 0.985. The third-order valence-corrected chi connectivity index (χ3v) is 2.17. The van der Waals surface area contributed by atoms with Gasteiger partial charge in [-0.3, -0.25) is 0 Å². The predicted octanol–water partition coefficient (Wildman–Crippen LogP) is 3.29. The van der Waals surface area contributed by atoms with Crippen molar-refractivity contribution in [1.29, 1.82) is 0 Å². The van der Waals surface area contributed by atoms with Crippen molar-refractivity contribution in [2.75, 3.05) is 0 Å². The smallest absolute Gasteiger partial charge is 0.181 e. The van der Waals surface area contributed by atoms with Crippen LogP contribution in [-0.4, -0.2) is 4.98 Å². The summed E-state index contributed by atoms with van der Waals surface area (Å²) in [6.45, 7) is 2.14. The molecule has 0 fully saturated rings. The number of hydrogen-bond acceptors (Lipinski definition) is 2. The van der Waals surface area contributed by atoms with Crippen LogP contribution in [0, 0.1) is 0 Å². The van der Waals surface area contributed by atoms with E-state index in [9.17, 15) is 0 Å². The minimum absolute atomic E-state index is 0.949. The lowest BCUT2D eigenvalue weighted by Gasteiger charge is -1.98. The lowest BCUT2D eigenvalue weighted by atomic mass is 10.1. The van der Waals surface area contributed by atoms with E-state index < -0.39 is 0 Å². The van der Waals surface area contributed by atoms with E-state index in [1.54, 1.807) is 0 Å². The van der Waals surface area contributed by atoms with E-state index in [-0.39, 0.29) is 0 Å². The predicted molar refractivity (Wildman–Crippen MR) is 55.9 cm³/mol. The van der Waals surface area contributed by atoms with Crippen LogP contribution in [0.2, 0.25) is 0 Å². The van der Waals surface area contributed by atoms with Gasteiger partial charge in [0.2, 0.25) is 0 Å². The molecular weight excluding hydrogens is 174 g/mol. The van der Waals surface area contributed by atoms with Crippen molar-refractivity contribution in [3.63, 3.8) is 0 Å². The summed E-state index contributed by atoms with van der Waals surface area (Å²) in [5.41, 5.74) is 2.11. The molecule has 1 aromatic carbocycles. The maximum absolute atomic E-state index is 5.35. The third kappa shape index (κ3) is 1.69. The molecule has 2 aromatic rings. The van der Waals surface area contributed by atoms with Crippen molar-refractivity contribution < 1.29 is 4.42 Å². The van der Waals surface area contributed by atoms with E-state index >= 15 is 0 Å². The first-order chi connectivity index (χ1) is 6.92. The van der Waals surface area contributed by atoms with Crippen molar-refractivity contribution in [1.82, 2.24) is 4.98 Å². The van der Waals surface area contributed by atoms with E-state index in [1.165, 1.54) is 6.39 Å². The Labute approximate surface area is 83.6 Å². The van der Waals surface area contributed by atoms with Gasteiger partial charge < -0.3 is 4.42 Å². The Hall–Kier alpha value is -1.57. The van der Waals surface area contributed by atoms with Crippen LogP contribution in [0.4, 0.5) is 0 Å². The Bertz CT molecular complexity index is 392. The molecule has 2 nitrogen and oxygen atoms in total. The second kappa shape index (κ2) is 4.09. The highest BCUT2D eigenvalue weighted by atomic mass is 16.3. The molecule has 1 heterocycles. The fourth-order valence-corrected chi connectivity index (χ4v) is 1.51. The molecule has 0 saturated carbocycles. The lowest BCUT2D eigenvalue weighted by molar-refractivity contribution is 0.501. The Balaban J connectivity index is 2.37. The van der Waals surface area contributed by atoms with Gasteiger partial charge in [0.1, 0.15) is 11.5 Å². The highest BCUT2D eigenvalue weighted by Crippen LogP contribution is 2.22. The Morgan fingerprint density at radius 3 is 2.71 bits per heavy atom. The van der Waals surface area contributed by atoms with Gasteiger partial charge in [0, 0.05) is 12.0 Å². The van der Waals surface area contributed by atoms with Gasteiger partial charge in [-0.2, -0.15) is 0 Å². The first kappa shape index (κ1) is 9.00. The molecule has 0 radical (unpaired) electrons. The molecule has 0 amide bonds. The highest BCUT2D eigenvalue weighted by molar-refractivity contribution is 5.60. The van der Waals surface area contributed by atoms with Crippen LogP contribution in [0.3, 0.4) is 0 Å². The maximum atomic E-state index is 5.35. The monoisotopic (exact) mass is 187 g/mol. The number of aromatic nitrogens is 1. The van der Waals surface area contributed by atoms with E-state index in [1.807, 2.05) is 18.2 Å². The molecule has 2 heteroatoms. The zero-order chi connectivity index (χ0) is 9.80.